The number of rotatable bonds is 6. The van der Waals surface area contributed by atoms with Crippen molar-refractivity contribution < 1.29 is 9.53 Å². The lowest BCUT2D eigenvalue weighted by atomic mass is 9.75. The van der Waals surface area contributed by atoms with Crippen molar-refractivity contribution in [2.75, 3.05) is 51.3 Å². The van der Waals surface area contributed by atoms with Gasteiger partial charge in [-0.1, -0.05) is 62.4 Å². The Morgan fingerprint density at radius 1 is 1.00 bits per heavy atom. The van der Waals surface area contributed by atoms with Crippen LogP contribution in [0.15, 0.2) is 54.7 Å². The van der Waals surface area contributed by atoms with Gasteiger partial charge < -0.3 is 14.5 Å². The lowest BCUT2D eigenvalue weighted by molar-refractivity contribution is -0.144. The zero-order valence-electron chi connectivity index (χ0n) is 24.3. The fraction of sp³-hybridized carbons (Fsp3) is 0.531. The smallest absolute Gasteiger partial charge is 0.227 e. The minimum atomic E-state index is 0.107. The van der Waals surface area contributed by atoms with Crippen LogP contribution in [0.1, 0.15) is 39.2 Å². The zero-order chi connectivity index (χ0) is 27.9. The summed E-state index contributed by atoms with van der Waals surface area (Å²) in [5.41, 5.74) is 4.57. The first-order chi connectivity index (χ1) is 19.3. The fourth-order valence-corrected chi connectivity index (χ4v) is 6.78. The van der Waals surface area contributed by atoms with Crippen LogP contribution in [0.2, 0.25) is 0 Å². The second kappa shape index (κ2) is 10.9. The molecule has 4 aliphatic heterocycles. The van der Waals surface area contributed by atoms with E-state index in [0.29, 0.717) is 17.9 Å². The lowest BCUT2D eigenvalue weighted by Gasteiger charge is -2.50. The summed E-state index contributed by atoms with van der Waals surface area (Å²) in [5, 5.41) is 8.94. The van der Waals surface area contributed by atoms with Crippen LogP contribution in [-0.4, -0.2) is 83.1 Å². The highest BCUT2D eigenvalue weighted by atomic mass is 16.5. The number of benzene rings is 2. The third-order valence-electron chi connectivity index (χ3n) is 9.20. The second-order valence-electron chi connectivity index (χ2n) is 12.7. The lowest BCUT2D eigenvalue weighted by Crippen LogP contribution is -2.60. The molecule has 5 heterocycles. The number of para-hydroxylation sites is 2. The van der Waals surface area contributed by atoms with Gasteiger partial charge in [0.1, 0.15) is 11.4 Å². The van der Waals surface area contributed by atoms with Crippen molar-refractivity contribution in [1.82, 2.24) is 24.8 Å². The van der Waals surface area contributed by atoms with E-state index in [1.165, 1.54) is 5.56 Å². The Morgan fingerprint density at radius 3 is 2.42 bits per heavy atom. The summed E-state index contributed by atoms with van der Waals surface area (Å²) in [6, 6.07) is 17.2. The molecule has 1 amide bonds. The Labute approximate surface area is 237 Å². The van der Waals surface area contributed by atoms with Crippen molar-refractivity contribution in [3.63, 3.8) is 0 Å². The fourth-order valence-electron chi connectivity index (χ4n) is 6.78. The SMILES string of the molecule is COc1ccccc1N1CCN(C(=O)[C@H]2CN3CC[C@H]2C[C@@H]3Cn2cc(-c3ccc(C(C)(C)C)cc3)nn2)CC1. The van der Waals surface area contributed by atoms with Crippen LogP contribution in [0.25, 0.3) is 11.3 Å². The highest BCUT2D eigenvalue weighted by Crippen LogP contribution is 2.38. The van der Waals surface area contributed by atoms with E-state index >= 15 is 0 Å². The number of carbonyl (C=O) groups excluding carboxylic acids is 1. The molecule has 4 aliphatic rings. The molecule has 2 aromatic carbocycles. The third-order valence-corrected chi connectivity index (χ3v) is 9.20. The van der Waals surface area contributed by atoms with Crippen molar-refractivity contribution >= 4 is 11.6 Å². The summed E-state index contributed by atoms with van der Waals surface area (Å²) >= 11 is 0. The average Bonchev–Trinajstić information content (AvgIpc) is 3.45. The molecule has 2 bridgehead atoms. The van der Waals surface area contributed by atoms with Crippen LogP contribution < -0.4 is 9.64 Å². The summed E-state index contributed by atoms with van der Waals surface area (Å²) in [6.45, 7) is 12.6. The van der Waals surface area contributed by atoms with Gasteiger partial charge in [-0.05, 0) is 48.4 Å². The molecule has 3 aromatic rings. The molecule has 4 saturated heterocycles. The van der Waals surface area contributed by atoms with Gasteiger partial charge in [0.15, 0.2) is 0 Å². The van der Waals surface area contributed by atoms with E-state index in [0.717, 1.165) is 81.3 Å². The average molecular weight is 543 g/mol. The second-order valence-corrected chi connectivity index (χ2v) is 12.7. The number of methoxy groups -OCH3 is 1. The number of hydrogen-bond donors (Lipinski definition) is 0. The number of anilines is 1. The monoisotopic (exact) mass is 542 g/mol. The molecule has 7 rings (SSSR count). The molecule has 1 aromatic heterocycles. The predicted octanol–water partition coefficient (Wildman–Crippen LogP) is 4.31. The van der Waals surface area contributed by atoms with Crippen molar-refractivity contribution in [2.24, 2.45) is 11.8 Å². The largest absolute Gasteiger partial charge is 0.495 e. The number of ether oxygens (including phenoxy) is 1. The minimum Gasteiger partial charge on any atom is -0.495 e. The van der Waals surface area contributed by atoms with E-state index in [4.69, 9.17) is 4.74 Å². The van der Waals surface area contributed by atoms with Gasteiger partial charge in [0.05, 0.1) is 31.5 Å². The Kier molecular flexibility index (Phi) is 7.29. The predicted molar refractivity (Wildman–Crippen MR) is 158 cm³/mol. The Hall–Kier alpha value is -3.39. The molecule has 8 nitrogen and oxygen atoms in total. The highest BCUT2D eigenvalue weighted by Gasteiger charge is 2.45. The summed E-state index contributed by atoms with van der Waals surface area (Å²) in [6.07, 6.45) is 4.23. The zero-order valence-corrected chi connectivity index (χ0v) is 24.3. The summed E-state index contributed by atoms with van der Waals surface area (Å²) in [7, 11) is 1.72. The van der Waals surface area contributed by atoms with Crippen LogP contribution in [0.3, 0.4) is 0 Å². The Bertz CT molecular complexity index is 1320. The molecule has 0 aliphatic carbocycles. The first-order valence-electron chi connectivity index (χ1n) is 14.7. The summed E-state index contributed by atoms with van der Waals surface area (Å²) in [4.78, 5) is 20.6. The van der Waals surface area contributed by atoms with Gasteiger partial charge >= 0.3 is 0 Å². The molecule has 0 saturated carbocycles. The molecule has 8 heteroatoms. The number of amides is 1. The molecular formula is C32H42N6O2. The van der Waals surface area contributed by atoms with Gasteiger partial charge in [-0.25, -0.2) is 0 Å². The molecule has 0 N–H and O–H groups in total. The maximum atomic E-state index is 13.6. The van der Waals surface area contributed by atoms with Crippen molar-refractivity contribution in [3.05, 3.63) is 60.3 Å². The molecule has 4 atom stereocenters. The molecule has 4 fully saturated rings. The van der Waals surface area contributed by atoms with Crippen molar-refractivity contribution in [2.45, 2.75) is 51.6 Å². The van der Waals surface area contributed by atoms with E-state index in [1.54, 1.807) is 7.11 Å². The molecule has 0 spiro atoms. The van der Waals surface area contributed by atoms with Gasteiger partial charge in [-0.3, -0.25) is 14.4 Å². The maximum absolute atomic E-state index is 13.6. The number of aromatic nitrogens is 3. The topological polar surface area (TPSA) is 66.7 Å². The number of piperidine rings is 3. The van der Waals surface area contributed by atoms with Gasteiger partial charge in [-0.15, -0.1) is 5.10 Å². The molecule has 212 valence electrons. The first kappa shape index (κ1) is 26.8. The van der Waals surface area contributed by atoms with E-state index in [2.05, 4.69) is 82.3 Å². The normalized spacial score (nSPS) is 24.8. The Morgan fingerprint density at radius 2 is 1.75 bits per heavy atom. The van der Waals surface area contributed by atoms with E-state index in [-0.39, 0.29) is 11.3 Å². The minimum absolute atomic E-state index is 0.107. The van der Waals surface area contributed by atoms with Gasteiger partial charge in [-0.2, -0.15) is 0 Å². The number of hydrogen-bond acceptors (Lipinski definition) is 6. The van der Waals surface area contributed by atoms with Crippen LogP contribution >= 0.6 is 0 Å². The molecule has 1 unspecified atom stereocenters. The molecule has 0 radical (unpaired) electrons. The summed E-state index contributed by atoms with van der Waals surface area (Å²) < 4.78 is 7.55. The van der Waals surface area contributed by atoms with Crippen LogP contribution in [0.5, 0.6) is 5.75 Å². The quantitative estimate of drug-likeness (QED) is 0.463. The van der Waals surface area contributed by atoms with Crippen molar-refractivity contribution in [1.29, 1.82) is 0 Å². The Balaban J connectivity index is 1.04. The number of nitrogens with zero attached hydrogens (tertiary/aromatic N) is 6. The first-order valence-corrected chi connectivity index (χ1v) is 14.7. The van der Waals surface area contributed by atoms with Gasteiger partial charge in [0.25, 0.3) is 0 Å². The summed E-state index contributed by atoms with van der Waals surface area (Å²) in [5.74, 6) is 1.79. The maximum Gasteiger partial charge on any atom is 0.227 e. The molecular weight excluding hydrogens is 500 g/mol. The highest BCUT2D eigenvalue weighted by molar-refractivity contribution is 5.80. The van der Waals surface area contributed by atoms with Crippen LogP contribution in [0.4, 0.5) is 5.69 Å². The standard InChI is InChI=1S/C32H42N6O2/c1-32(2,3)25-11-9-23(10-12-25)28-22-38(34-33-28)20-26-19-24-13-14-37(26)21-27(24)31(39)36-17-15-35(16-18-36)29-7-5-6-8-30(29)40-4/h5-12,22,24,26-27H,13-21H2,1-4H3/t24-,26+,27-/m0/s1. The van der Waals surface area contributed by atoms with Crippen LogP contribution in [0, 0.1) is 11.8 Å². The van der Waals surface area contributed by atoms with Crippen LogP contribution in [-0.2, 0) is 16.8 Å². The van der Waals surface area contributed by atoms with E-state index in [9.17, 15) is 4.79 Å². The number of piperazine rings is 1. The third kappa shape index (κ3) is 5.33. The van der Waals surface area contributed by atoms with Crippen molar-refractivity contribution in [3.8, 4) is 17.0 Å². The van der Waals surface area contributed by atoms with E-state index < -0.39 is 0 Å². The molecule has 40 heavy (non-hydrogen) atoms. The number of fused-ring (bicyclic) bond motifs is 3. The number of carbonyl (C=O) groups is 1. The van der Waals surface area contributed by atoms with Gasteiger partial charge in [0.2, 0.25) is 5.91 Å². The van der Waals surface area contributed by atoms with E-state index in [1.807, 2.05) is 22.9 Å². The van der Waals surface area contributed by atoms with Gasteiger partial charge in [0, 0.05) is 44.3 Å².